The second-order valence-corrected chi connectivity index (χ2v) is 7.87. The smallest absolute Gasteiger partial charge is 0.255 e. The Morgan fingerprint density at radius 3 is 2.57 bits per heavy atom. The van der Waals surface area contributed by atoms with Gasteiger partial charge in [-0.05, 0) is 57.0 Å². The van der Waals surface area contributed by atoms with Crippen molar-refractivity contribution in [2.75, 3.05) is 11.9 Å². The van der Waals surface area contributed by atoms with Crippen molar-refractivity contribution in [3.05, 3.63) is 76.6 Å². The summed E-state index contributed by atoms with van der Waals surface area (Å²) in [6.07, 6.45) is 1.52. The molecule has 3 aromatic rings. The van der Waals surface area contributed by atoms with Gasteiger partial charge in [-0.3, -0.25) is 9.59 Å². The van der Waals surface area contributed by atoms with E-state index in [1.807, 2.05) is 72.8 Å². The SMILES string of the molecule is Cc1ccc(-n2nc(C)c(NC(=O)c3cccc(CN4CCCC4=O)c3)c2C)cc1. The average Bonchev–Trinajstić information content (AvgIpc) is 3.26. The van der Waals surface area contributed by atoms with Crippen molar-refractivity contribution in [1.29, 1.82) is 0 Å². The van der Waals surface area contributed by atoms with E-state index in [-0.39, 0.29) is 11.8 Å². The lowest BCUT2D eigenvalue weighted by atomic mass is 10.1. The highest BCUT2D eigenvalue weighted by Gasteiger charge is 2.21. The van der Waals surface area contributed by atoms with E-state index < -0.39 is 0 Å². The highest BCUT2D eigenvalue weighted by molar-refractivity contribution is 6.05. The van der Waals surface area contributed by atoms with Gasteiger partial charge < -0.3 is 10.2 Å². The molecule has 2 aromatic carbocycles. The normalized spacial score (nSPS) is 13.7. The van der Waals surface area contributed by atoms with Gasteiger partial charge in [0.05, 0.1) is 22.8 Å². The standard InChI is InChI=1S/C24H26N4O2/c1-16-9-11-21(12-10-16)28-18(3)23(17(2)26-28)25-24(30)20-7-4-6-19(14-20)15-27-13-5-8-22(27)29/h4,6-7,9-12,14H,5,8,13,15H2,1-3H3,(H,25,30). The summed E-state index contributed by atoms with van der Waals surface area (Å²) < 4.78 is 1.85. The number of rotatable bonds is 5. The van der Waals surface area contributed by atoms with Gasteiger partial charge in [0.2, 0.25) is 5.91 Å². The van der Waals surface area contributed by atoms with E-state index in [1.165, 1.54) is 5.56 Å². The van der Waals surface area contributed by atoms with Crippen LogP contribution in [0.25, 0.3) is 5.69 Å². The number of hydrogen-bond acceptors (Lipinski definition) is 3. The van der Waals surface area contributed by atoms with Gasteiger partial charge in [0.15, 0.2) is 0 Å². The van der Waals surface area contributed by atoms with Crippen molar-refractivity contribution in [2.45, 2.75) is 40.2 Å². The zero-order valence-corrected chi connectivity index (χ0v) is 17.6. The molecular formula is C24H26N4O2. The molecule has 1 aromatic heterocycles. The van der Waals surface area contributed by atoms with Crippen molar-refractivity contribution >= 4 is 17.5 Å². The van der Waals surface area contributed by atoms with E-state index in [0.29, 0.717) is 18.5 Å². The number of amides is 2. The summed E-state index contributed by atoms with van der Waals surface area (Å²) in [4.78, 5) is 26.7. The maximum Gasteiger partial charge on any atom is 0.255 e. The molecule has 154 valence electrons. The topological polar surface area (TPSA) is 67.2 Å². The van der Waals surface area contributed by atoms with Crippen LogP contribution >= 0.6 is 0 Å². The Labute approximate surface area is 176 Å². The van der Waals surface area contributed by atoms with Crippen LogP contribution in [0.4, 0.5) is 5.69 Å². The van der Waals surface area contributed by atoms with Crippen molar-refractivity contribution < 1.29 is 9.59 Å². The second-order valence-electron chi connectivity index (χ2n) is 7.87. The molecule has 1 fully saturated rings. The summed E-state index contributed by atoms with van der Waals surface area (Å²) in [5.41, 5.74) is 6.04. The Hall–Kier alpha value is -3.41. The first kappa shape index (κ1) is 19.9. The average molecular weight is 402 g/mol. The van der Waals surface area contributed by atoms with Crippen LogP contribution < -0.4 is 5.32 Å². The Balaban J connectivity index is 1.53. The molecule has 30 heavy (non-hydrogen) atoms. The van der Waals surface area contributed by atoms with Crippen molar-refractivity contribution in [3.8, 4) is 5.69 Å². The predicted molar refractivity (Wildman–Crippen MR) is 117 cm³/mol. The number of nitrogens with zero attached hydrogens (tertiary/aromatic N) is 3. The lowest BCUT2D eigenvalue weighted by Crippen LogP contribution is -2.24. The summed E-state index contributed by atoms with van der Waals surface area (Å²) in [6, 6.07) is 15.6. The third-order valence-corrected chi connectivity index (χ3v) is 5.54. The molecule has 1 aliphatic rings. The minimum atomic E-state index is -0.181. The first-order valence-corrected chi connectivity index (χ1v) is 10.2. The van der Waals surface area contributed by atoms with E-state index in [4.69, 9.17) is 0 Å². The van der Waals surface area contributed by atoms with Crippen LogP contribution in [0.5, 0.6) is 0 Å². The van der Waals surface area contributed by atoms with Crippen LogP contribution in [0.15, 0.2) is 48.5 Å². The summed E-state index contributed by atoms with van der Waals surface area (Å²) in [5, 5.41) is 7.63. The minimum Gasteiger partial charge on any atom is -0.338 e. The Kier molecular flexibility index (Phi) is 5.40. The lowest BCUT2D eigenvalue weighted by molar-refractivity contribution is -0.128. The van der Waals surface area contributed by atoms with E-state index in [2.05, 4.69) is 10.4 Å². The Morgan fingerprint density at radius 2 is 1.87 bits per heavy atom. The molecule has 0 bridgehead atoms. The molecule has 6 nitrogen and oxygen atoms in total. The number of carbonyl (C=O) groups is 2. The van der Waals surface area contributed by atoms with Gasteiger partial charge in [0.1, 0.15) is 0 Å². The second kappa shape index (κ2) is 8.14. The lowest BCUT2D eigenvalue weighted by Gasteiger charge is -2.16. The number of anilines is 1. The molecule has 0 aliphatic carbocycles. The van der Waals surface area contributed by atoms with Gasteiger partial charge in [0.25, 0.3) is 5.91 Å². The van der Waals surface area contributed by atoms with Crippen LogP contribution in [-0.4, -0.2) is 33.0 Å². The zero-order valence-electron chi connectivity index (χ0n) is 17.6. The van der Waals surface area contributed by atoms with Crippen molar-refractivity contribution in [3.63, 3.8) is 0 Å². The minimum absolute atomic E-state index is 0.180. The zero-order chi connectivity index (χ0) is 21.3. The number of nitrogens with one attached hydrogen (secondary N) is 1. The van der Waals surface area contributed by atoms with Gasteiger partial charge in [-0.25, -0.2) is 4.68 Å². The van der Waals surface area contributed by atoms with E-state index in [0.717, 1.165) is 41.3 Å². The maximum absolute atomic E-state index is 12.9. The molecule has 1 saturated heterocycles. The van der Waals surface area contributed by atoms with Gasteiger partial charge in [0, 0.05) is 25.1 Å². The molecule has 0 radical (unpaired) electrons. The molecule has 0 atom stereocenters. The molecule has 0 spiro atoms. The first-order chi connectivity index (χ1) is 14.4. The van der Waals surface area contributed by atoms with Crippen molar-refractivity contribution in [2.24, 2.45) is 0 Å². The highest BCUT2D eigenvalue weighted by atomic mass is 16.2. The molecule has 1 aliphatic heterocycles. The molecule has 2 amide bonds. The van der Waals surface area contributed by atoms with E-state index in [1.54, 1.807) is 6.07 Å². The Morgan fingerprint density at radius 1 is 1.10 bits per heavy atom. The summed E-state index contributed by atoms with van der Waals surface area (Å²) >= 11 is 0. The molecule has 6 heteroatoms. The summed E-state index contributed by atoms with van der Waals surface area (Å²) in [6.45, 7) is 7.22. The van der Waals surface area contributed by atoms with Crippen LogP contribution in [0.2, 0.25) is 0 Å². The van der Waals surface area contributed by atoms with Gasteiger partial charge in [-0.1, -0.05) is 29.8 Å². The first-order valence-electron chi connectivity index (χ1n) is 10.2. The quantitative estimate of drug-likeness (QED) is 0.696. The Bertz CT molecular complexity index is 1100. The van der Waals surface area contributed by atoms with Gasteiger partial charge in [-0.2, -0.15) is 5.10 Å². The number of aromatic nitrogens is 2. The molecule has 0 saturated carbocycles. The highest BCUT2D eigenvalue weighted by Crippen LogP contribution is 2.24. The molecule has 0 unspecified atom stereocenters. The third-order valence-electron chi connectivity index (χ3n) is 5.54. The van der Waals surface area contributed by atoms with Gasteiger partial charge in [-0.15, -0.1) is 0 Å². The fraction of sp³-hybridized carbons (Fsp3) is 0.292. The largest absolute Gasteiger partial charge is 0.338 e. The van der Waals surface area contributed by atoms with E-state index >= 15 is 0 Å². The summed E-state index contributed by atoms with van der Waals surface area (Å²) in [5.74, 6) is -0.00104. The molecule has 1 N–H and O–H groups in total. The van der Waals surface area contributed by atoms with Crippen LogP contribution in [0, 0.1) is 20.8 Å². The number of benzene rings is 2. The molecular weight excluding hydrogens is 376 g/mol. The molecule has 4 rings (SSSR count). The van der Waals surface area contributed by atoms with Crippen LogP contribution in [0.1, 0.15) is 45.7 Å². The van der Waals surface area contributed by atoms with Gasteiger partial charge >= 0.3 is 0 Å². The number of aryl methyl sites for hydroxylation is 2. The van der Waals surface area contributed by atoms with E-state index in [9.17, 15) is 9.59 Å². The van der Waals surface area contributed by atoms with Crippen LogP contribution in [0.3, 0.4) is 0 Å². The van der Waals surface area contributed by atoms with Crippen LogP contribution in [-0.2, 0) is 11.3 Å². The monoisotopic (exact) mass is 402 g/mol. The third kappa shape index (κ3) is 3.99. The fourth-order valence-electron chi connectivity index (χ4n) is 3.85. The van der Waals surface area contributed by atoms with Crippen molar-refractivity contribution in [1.82, 2.24) is 14.7 Å². The fourth-order valence-corrected chi connectivity index (χ4v) is 3.85. The maximum atomic E-state index is 12.9. The summed E-state index contributed by atoms with van der Waals surface area (Å²) in [7, 11) is 0. The number of likely N-dealkylation sites (tertiary alicyclic amines) is 1. The molecule has 2 heterocycles. The predicted octanol–water partition coefficient (Wildman–Crippen LogP) is 4.17. The number of hydrogen-bond donors (Lipinski definition) is 1. The number of carbonyl (C=O) groups excluding carboxylic acids is 2.